The van der Waals surface area contributed by atoms with Crippen LogP contribution in [0.25, 0.3) is 10.8 Å². The summed E-state index contributed by atoms with van der Waals surface area (Å²) in [5, 5.41) is 25.3. The molecular formula is C36H39N5O7. The number of carboxylic acid groups (broad SMARTS) is 1. The maximum atomic E-state index is 14.3. The summed E-state index contributed by atoms with van der Waals surface area (Å²) in [5.41, 5.74) is 3.26. The number of aromatic nitrogens is 1. The quantitative estimate of drug-likeness (QED) is 0.128. The number of non-ortho nitro benzene ring substituents is 1. The molecule has 1 unspecified atom stereocenters. The second-order valence-corrected chi connectivity index (χ2v) is 12.4. The Hall–Kier alpha value is -5.52. The third kappa shape index (κ3) is 7.54. The molecule has 0 radical (unpaired) electrons. The van der Waals surface area contributed by atoms with Crippen LogP contribution in [-0.2, 0) is 16.1 Å². The molecule has 250 valence electrons. The summed E-state index contributed by atoms with van der Waals surface area (Å²) in [6, 6.07) is 15.8. The normalized spacial score (nSPS) is 14.0. The van der Waals surface area contributed by atoms with Crippen LogP contribution in [-0.4, -0.2) is 62.7 Å². The zero-order valence-corrected chi connectivity index (χ0v) is 27.2. The Morgan fingerprint density at radius 1 is 1.06 bits per heavy atom. The van der Waals surface area contributed by atoms with Crippen molar-refractivity contribution in [1.82, 2.24) is 14.8 Å². The van der Waals surface area contributed by atoms with Crippen molar-refractivity contribution in [3.05, 3.63) is 115 Å². The second kappa shape index (κ2) is 14.5. The average molecular weight is 654 g/mol. The fraction of sp³-hybridized carbons (Fsp3) is 0.333. The van der Waals surface area contributed by atoms with E-state index in [1.165, 1.54) is 23.1 Å². The monoisotopic (exact) mass is 653 g/mol. The lowest BCUT2D eigenvalue weighted by molar-refractivity contribution is -0.384. The third-order valence-electron chi connectivity index (χ3n) is 8.99. The van der Waals surface area contributed by atoms with Gasteiger partial charge >= 0.3 is 5.97 Å². The number of nitro groups is 1. The van der Waals surface area contributed by atoms with Crippen molar-refractivity contribution in [3.63, 3.8) is 0 Å². The number of nitrogens with one attached hydrogen (secondary N) is 2. The number of fused-ring (bicyclic) bond motifs is 1. The smallest absolute Gasteiger partial charge is 0.303 e. The van der Waals surface area contributed by atoms with E-state index in [1.807, 2.05) is 32.0 Å². The number of likely N-dealkylation sites (tertiary alicyclic amines) is 1. The van der Waals surface area contributed by atoms with Gasteiger partial charge in [0.2, 0.25) is 5.91 Å². The maximum absolute atomic E-state index is 14.3. The maximum Gasteiger partial charge on any atom is 0.303 e. The minimum Gasteiger partial charge on any atom is -0.481 e. The van der Waals surface area contributed by atoms with Crippen LogP contribution in [0.15, 0.2) is 71.7 Å². The molecule has 2 atom stereocenters. The Bertz CT molecular complexity index is 1930. The van der Waals surface area contributed by atoms with Gasteiger partial charge in [-0.25, -0.2) is 0 Å². The summed E-state index contributed by atoms with van der Waals surface area (Å²) in [4.78, 5) is 68.5. The molecule has 1 aromatic heterocycles. The second-order valence-electron chi connectivity index (χ2n) is 12.4. The van der Waals surface area contributed by atoms with E-state index in [-0.39, 0.29) is 41.9 Å². The summed E-state index contributed by atoms with van der Waals surface area (Å²) in [7, 11) is 1.58. The molecule has 48 heavy (non-hydrogen) atoms. The summed E-state index contributed by atoms with van der Waals surface area (Å²) < 4.78 is 0. The number of H-pyrrole nitrogens is 1. The van der Waals surface area contributed by atoms with E-state index in [2.05, 4.69) is 10.3 Å². The predicted octanol–water partition coefficient (Wildman–Crippen LogP) is 5.76. The molecule has 5 rings (SSSR count). The van der Waals surface area contributed by atoms with Crippen LogP contribution in [0.4, 0.5) is 11.4 Å². The summed E-state index contributed by atoms with van der Waals surface area (Å²) >= 11 is 0. The molecule has 4 aromatic rings. The van der Waals surface area contributed by atoms with Crippen molar-refractivity contribution < 1.29 is 24.4 Å². The Kier molecular flexibility index (Phi) is 10.2. The van der Waals surface area contributed by atoms with Crippen molar-refractivity contribution in [1.29, 1.82) is 0 Å². The number of carbonyl (C=O) groups is 3. The van der Waals surface area contributed by atoms with Gasteiger partial charge in [0, 0.05) is 68.1 Å². The van der Waals surface area contributed by atoms with E-state index >= 15 is 0 Å². The lowest BCUT2D eigenvalue weighted by atomic mass is 9.90. The fourth-order valence-corrected chi connectivity index (χ4v) is 6.33. The van der Waals surface area contributed by atoms with Gasteiger partial charge in [-0.05, 0) is 84.0 Å². The molecule has 0 aliphatic carbocycles. The van der Waals surface area contributed by atoms with Gasteiger partial charge in [0.1, 0.15) is 6.04 Å². The van der Waals surface area contributed by atoms with Crippen LogP contribution in [0, 0.1) is 17.0 Å². The highest BCUT2D eigenvalue weighted by molar-refractivity contribution is 5.96. The number of rotatable bonds is 12. The van der Waals surface area contributed by atoms with Gasteiger partial charge in [0.25, 0.3) is 17.2 Å². The number of pyridine rings is 1. The highest BCUT2D eigenvalue weighted by Gasteiger charge is 2.29. The van der Waals surface area contributed by atoms with Crippen molar-refractivity contribution in [3.8, 4) is 0 Å². The number of anilines is 1. The number of aromatic amines is 1. The Balaban J connectivity index is 1.50. The van der Waals surface area contributed by atoms with Gasteiger partial charge in [0.05, 0.1) is 4.92 Å². The number of carboxylic acids is 1. The zero-order chi connectivity index (χ0) is 34.5. The Labute approximate surface area is 277 Å². The number of hydrogen-bond donors (Lipinski definition) is 3. The van der Waals surface area contributed by atoms with Gasteiger partial charge < -0.3 is 25.2 Å². The van der Waals surface area contributed by atoms with Gasteiger partial charge in [-0.2, -0.15) is 0 Å². The highest BCUT2D eigenvalue weighted by atomic mass is 16.6. The number of amides is 2. The first kappa shape index (κ1) is 33.8. The van der Waals surface area contributed by atoms with Gasteiger partial charge in [-0.1, -0.05) is 31.2 Å². The molecule has 2 amide bonds. The number of nitrogens with zero attached hydrogens (tertiary/aromatic N) is 3. The lowest BCUT2D eigenvalue weighted by Gasteiger charge is -2.27. The van der Waals surface area contributed by atoms with Gasteiger partial charge in [-0.15, -0.1) is 0 Å². The Morgan fingerprint density at radius 2 is 1.81 bits per heavy atom. The minimum atomic E-state index is -0.936. The fourth-order valence-electron chi connectivity index (χ4n) is 6.33. The number of carbonyl (C=O) groups excluding carboxylic acids is 2. The van der Waals surface area contributed by atoms with E-state index in [4.69, 9.17) is 5.11 Å². The zero-order valence-electron chi connectivity index (χ0n) is 27.2. The first-order valence-electron chi connectivity index (χ1n) is 15.9. The SMILES string of the molecule is Cc1cc(C(Nc2ccc3cc[nH]c(=O)c3c2)C(=O)N(C)Cc2cc([N+](=O)[O-])ccc2C(=O)N2CCCC2)ccc1[C@@H](C)CCC(=O)O. The molecule has 0 bridgehead atoms. The molecule has 1 fully saturated rings. The van der Waals surface area contributed by atoms with E-state index < -0.39 is 16.9 Å². The van der Waals surface area contributed by atoms with Crippen LogP contribution in [0.2, 0.25) is 0 Å². The van der Waals surface area contributed by atoms with Crippen molar-refractivity contribution in [2.75, 3.05) is 25.5 Å². The average Bonchev–Trinajstić information content (AvgIpc) is 3.61. The van der Waals surface area contributed by atoms with E-state index in [9.17, 15) is 29.3 Å². The van der Waals surface area contributed by atoms with E-state index in [0.717, 1.165) is 29.4 Å². The van der Waals surface area contributed by atoms with E-state index in [0.29, 0.717) is 47.3 Å². The molecule has 2 heterocycles. The summed E-state index contributed by atoms with van der Waals surface area (Å²) in [6.45, 7) is 5.03. The van der Waals surface area contributed by atoms with Crippen LogP contribution < -0.4 is 10.9 Å². The van der Waals surface area contributed by atoms with Crippen LogP contribution >= 0.6 is 0 Å². The number of hydrogen-bond acceptors (Lipinski definition) is 7. The third-order valence-corrected chi connectivity index (χ3v) is 8.99. The van der Waals surface area contributed by atoms with Gasteiger partial charge in [0.15, 0.2) is 0 Å². The van der Waals surface area contributed by atoms with E-state index in [1.54, 1.807) is 42.4 Å². The first-order valence-corrected chi connectivity index (χ1v) is 15.9. The predicted molar refractivity (Wildman–Crippen MR) is 182 cm³/mol. The summed E-state index contributed by atoms with van der Waals surface area (Å²) in [5.74, 6) is -1.48. The molecular weight excluding hydrogens is 614 g/mol. The van der Waals surface area contributed by atoms with Crippen molar-refractivity contribution in [2.45, 2.75) is 58.0 Å². The Morgan fingerprint density at radius 3 is 2.50 bits per heavy atom. The van der Waals surface area contributed by atoms with Gasteiger partial charge in [-0.3, -0.25) is 29.3 Å². The minimum absolute atomic E-state index is 0.0208. The van der Waals surface area contributed by atoms with Crippen LogP contribution in [0.5, 0.6) is 0 Å². The molecule has 1 aliphatic heterocycles. The molecule has 3 N–H and O–H groups in total. The number of aryl methyl sites for hydroxylation is 1. The van der Waals surface area contributed by atoms with Crippen molar-refractivity contribution >= 4 is 39.9 Å². The molecule has 1 aliphatic rings. The standard InChI is InChI=1S/C36H39N5O7/c1-22(6-13-32(42)43)29-11-8-25(18-23(29)2)33(38-27-9-7-24-14-15-37-34(44)31(24)20-27)36(46)39(3)21-26-19-28(41(47)48)10-12-30(26)35(45)40-16-4-5-17-40/h7-12,14-15,18-20,22,33,38H,4-6,13,16-17,21H2,1-3H3,(H,37,44)(H,42,43)/t22-,33?/m0/s1. The highest BCUT2D eigenvalue weighted by Crippen LogP contribution is 2.30. The van der Waals surface area contributed by atoms with Crippen LogP contribution in [0.3, 0.4) is 0 Å². The lowest BCUT2D eigenvalue weighted by Crippen LogP contribution is -2.36. The number of aliphatic carboxylic acids is 1. The molecule has 12 heteroatoms. The number of nitro benzene ring substituents is 1. The van der Waals surface area contributed by atoms with Crippen molar-refractivity contribution in [2.24, 2.45) is 0 Å². The molecule has 0 saturated carbocycles. The van der Waals surface area contributed by atoms with Crippen LogP contribution in [0.1, 0.15) is 77.2 Å². The largest absolute Gasteiger partial charge is 0.481 e. The summed E-state index contributed by atoms with van der Waals surface area (Å²) in [6.07, 6.45) is 3.84. The molecule has 12 nitrogen and oxygen atoms in total. The number of benzene rings is 3. The molecule has 0 spiro atoms. The molecule has 3 aromatic carbocycles. The topological polar surface area (TPSA) is 166 Å². The number of likely N-dealkylation sites (N-methyl/N-ethyl adjacent to an activating group) is 1. The molecule has 1 saturated heterocycles. The first-order chi connectivity index (χ1) is 22.9.